The average Bonchev–Trinajstić information content (AvgIpc) is 3.04. The first-order valence-electron chi connectivity index (χ1n) is 9.23. The molecule has 6 nitrogen and oxygen atoms in total. The number of nitrogens with zero attached hydrogens (tertiary/aromatic N) is 4. The lowest BCUT2D eigenvalue weighted by Crippen LogP contribution is -2.49. The smallest absolute Gasteiger partial charge is 0.193 e. The van der Waals surface area contributed by atoms with E-state index in [2.05, 4.69) is 27.2 Å². The number of ether oxygens (including phenoxy) is 1. The molecule has 1 aromatic heterocycles. The second-order valence-corrected chi connectivity index (χ2v) is 7.20. The van der Waals surface area contributed by atoms with Crippen LogP contribution in [0.3, 0.4) is 0 Å². The molecular formula is C18H32IN5O. The predicted octanol–water partition coefficient (Wildman–Crippen LogP) is 2.81. The minimum Gasteiger partial charge on any atom is -0.370 e. The van der Waals surface area contributed by atoms with E-state index in [9.17, 15) is 0 Å². The van der Waals surface area contributed by atoms with Crippen molar-refractivity contribution in [2.45, 2.75) is 38.7 Å². The van der Waals surface area contributed by atoms with Crippen LogP contribution in [0, 0.1) is 11.8 Å². The molecule has 1 N–H and O–H groups in total. The first-order valence-corrected chi connectivity index (χ1v) is 9.23. The highest BCUT2D eigenvalue weighted by molar-refractivity contribution is 14.0. The van der Waals surface area contributed by atoms with Crippen LogP contribution in [0.1, 0.15) is 44.3 Å². The molecule has 2 fully saturated rings. The Balaban J connectivity index is 0.00000225. The first kappa shape index (κ1) is 20.5. The SMILES string of the molecule is CN=C(NCC1CCCCC1C)N1CCOC(c2cnn(C)c2)C1.I. The number of rotatable bonds is 3. The van der Waals surface area contributed by atoms with Crippen molar-refractivity contribution in [3.8, 4) is 0 Å². The van der Waals surface area contributed by atoms with E-state index in [1.165, 1.54) is 25.7 Å². The number of halogens is 1. The summed E-state index contributed by atoms with van der Waals surface area (Å²) >= 11 is 0. The Kier molecular flexibility index (Phi) is 7.99. The Morgan fingerprint density at radius 1 is 1.40 bits per heavy atom. The van der Waals surface area contributed by atoms with Gasteiger partial charge in [-0.15, -0.1) is 24.0 Å². The summed E-state index contributed by atoms with van der Waals surface area (Å²) in [7, 11) is 3.82. The number of hydrogen-bond acceptors (Lipinski definition) is 3. The molecule has 3 rings (SSSR count). The fourth-order valence-electron chi connectivity index (χ4n) is 3.90. The summed E-state index contributed by atoms with van der Waals surface area (Å²) in [5, 5.41) is 7.88. The summed E-state index contributed by atoms with van der Waals surface area (Å²) in [6.45, 7) is 5.85. The van der Waals surface area contributed by atoms with Crippen LogP contribution in [0.2, 0.25) is 0 Å². The summed E-state index contributed by atoms with van der Waals surface area (Å²) in [5.41, 5.74) is 1.14. The van der Waals surface area contributed by atoms with E-state index in [0.29, 0.717) is 0 Å². The Morgan fingerprint density at radius 2 is 2.20 bits per heavy atom. The van der Waals surface area contributed by atoms with Crippen molar-refractivity contribution < 1.29 is 4.74 Å². The van der Waals surface area contributed by atoms with Crippen LogP contribution in [-0.2, 0) is 11.8 Å². The summed E-state index contributed by atoms with van der Waals surface area (Å²) in [4.78, 5) is 6.82. The molecule has 25 heavy (non-hydrogen) atoms. The number of hydrogen-bond donors (Lipinski definition) is 1. The van der Waals surface area contributed by atoms with Crippen molar-refractivity contribution in [2.24, 2.45) is 23.9 Å². The second-order valence-electron chi connectivity index (χ2n) is 7.20. The monoisotopic (exact) mass is 461 g/mol. The van der Waals surface area contributed by atoms with E-state index in [1.807, 2.05) is 31.2 Å². The Bertz CT molecular complexity index is 561. The standard InChI is InChI=1S/C18H31N5O.HI/c1-14-6-4-5-7-15(14)10-20-18(19-2)23-8-9-24-17(13-23)16-11-21-22(3)12-16;/h11-12,14-15,17H,4-10,13H2,1-3H3,(H,19,20);1H. The number of aryl methyl sites for hydroxylation is 1. The Morgan fingerprint density at radius 3 is 2.88 bits per heavy atom. The molecule has 1 aliphatic carbocycles. The normalized spacial score (nSPS) is 27.7. The van der Waals surface area contributed by atoms with E-state index in [0.717, 1.165) is 49.6 Å². The molecule has 3 atom stereocenters. The number of morpholine rings is 1. The highest BCUT2D eigenvalue weighted by atomic mass is 127. The fraction of sp³-hybridized carbons (Fsp3) is 0.778. The van der Waals surface area contributed by atoms with E-state index >= 15 is 0 Å². The van der Waals surface area contributed by atoms with Gasteiger partial charge in [0.05, 0.1) is 19.3 Å². The number of guanidine groups is 1. The van der Waals surface area contributed by atoms with Gasteiger partial charge in [0.2, 0.25) is 0 Å². The number of aromatic nitrogens is 2. The molecule has 2 heterocycles. The van der Waals surface area contributed by atoms with Gasteiger partial charge in [0.15, 0.2) is 5.96 Å². The van der Waals surface area contributed by atoms with Crippen molar-refractivity contribution in [3.05, 3.63) is 18.0 Å². The average molecular weight is 461 g/mol. The first-order chi connectivity index (χ1) is 11.7. The van der Waals surface area contributed by atoms with Crippen molar-refractivity contribution in [2.75, 3.05) is 33.3 Å². The van der Waals surface area contributed by atoms with E-state index < -0.39 is 0 Å². The summed E-state index contributed by atoms with van der Waals surface area (Å²) < 4.78 is 7.76. The molecule has 0 amide bonds. The van der Waals surface area contributed by atoms with Crippen LogP contribution in [0.5, 0.6) is 0 Å². The van der Waals surface area contributed by atoms with Gasteiger partial charge in [-0.3, -0.25) is 9.67 Å². The molecule has 7 heteroatoms. The number of nitrogens with one attached hydrogen (secondary N) is 1. The van der Waals surface area contributed by atoms with Crippen LogP contribution in [0.25, 0.3) is 0 Å². The molecule has 1 saturated heterocycles. The maximum absolute atomic E-state index is 5.94. The van der Waals surface area contributed by atoms with Crippen molar-refractivity contribution in [1.29, 1.82) is 0 Å². The summed E-state index contributed by atoms with van der Waals surface area (Å²) in [6, 6.07) is 0. The van der Waals surface area contributed by atoms with Crippen LogP contribution in [0.4, 0.5) is 0 Å². The van der Waals surface area contributed by atoms with Gasteiger partial charge in [-0.2, -0.15) is 5.10 Å². The maximum atomic E-state index is 5.94. The maximum Gasteiger partial charge on any atom is 0.193 e. The molecule has 1 saturated carbocycles. The minimum absolute atomic E-state index is 0. The largest absolute Gasteiger partial charge is 0.370 e. The highest BCUT2D eigenvalue weighted by Gasteiger charge is 2.26. The Labute approximate surface area is 168 Å². The third kappa shape index (κ3) is 5.32. The van der Waals surface area contributed by atoms with Gasteiger partial charge < -0.3 is 15.0 Å². The van der Waals surface area contributed by atoms with Gasteiger partial charge in [-0.1, -0.05) is 26.2 Å². The van der Waals surface area contributed by atoms with Gasteiger partial charge in [-0.05, 0) is 18.3 Å². The molecule has 142 valence electrons. The summed E-state index contributed by atoms with van der Waals surface area (Å²) in [6.07, 6.45) is 9.47. The molecule has 1 aromatic rings. The molecule has 2 aliphatic rings. The van der Waals surface area contributed by atoms with Crippen LogP contribution >= 0.6 is 24.0 Å². The lowest BCUT2D eigenvalue weighted by Gasteiger charge is -2.36. The lowest BCUT2D eigenvalue weighted by atomic mass is 9.80. The zero-order chi connectivity index (χ0) is 16.9. The third-order valence-electron chi connectivity index (χ3n) is 5.49. The van der Waals surface area contributed by atoms with Crippen molar-refractivity contribution in [1.82, 2.24) is 20.0 Å². The quantitative estimate of drug-likeness (QED) is 0.428. The van der Waals surface area contributed by atoms with Crippen molar-refractivity contribution >= 4 is 29.9 Å². The molecule has 0 radical (unpaired) electrons. The Hall–Kier alpha value is -0.830. The van der Waals surface area contributed by atoms with Gasteiger partial charge in [0.25, 0.3) is 0 Å². The third-order valence-corrected chi connectivity index (χ3v) is 5.49. The molecule has 0 aromatic carbocycles. The molecule has 0 spiro atoms. The highest BCUT2D eigenvalue weighted by Crippen LogP contribution is 2.29. The molecular weight excluding hydrogens is 429 g/mol. The van der Waals surface area contributed by atoms with Gasteiger partial charge in [0.1, 0.15) is 6.10 Å². The topological polar surface area (TPSA) is 54.7 Å². The van der Waals surface area contributed by atoms with E-state index in [4.69, 9.17) is 4.74 Å². The van der Waals surface area contributed by atoms with Crippen molar-refractivity contribution in [3.63, 3.8) is 0 Å². The van der Waals surface area contributed by atoms with Crippen LogP contribution in [0.15, 0.2) is 17.4 Å². The van der Waals surface area contributed by atoms with E-state index in [1.54, 1.807) is 0 Å². The van der Waals surface area contributed by atoms with Gasteiger partial charge >= 0.3 is 0 Å². The lowest BCUT2D eigenvalue weighted by molar-refractivity contribution is -0.00814. The second kappa shape index (κ2) is 9.75. The zero-order valence-electron chi connectivity index (χ0n) is 15.6. The van der Waals surface area contributed by atoms with Crippen LogP contribution < -0.4 is 5.32 Å². The molecule has 3 unspecified atom stereocenters. The molecule has 1 aliphatic heterocycles. The molecule has 0 bridgehead atoms. The zero-order valence-corrected chi connectivity index (χ0v) is 18.0. The van der Waals surface area contributed by atoms with Crippen LogP contribution in [-0.4, -0.2) is 53.9 Å². The number of aliphatic imine (C=N–C) groups is 1. The predicted molar refractivity (Wildman–Crippen MR) is 111 cm³/mol. The minimum atomic E-state index is 0. The fourth-order valence-corrected chi connectivity index (χ4v) is 3.90. The summed E-state index contributed by atoms with van der Waals surface area (Å²) in [5.74, 6) is 2.59. The van der Waals surface area contributed by atoms with Gasteiger partial charge in [-0.25, -0.2) is 0 Å². The van der Waals surface area contributed by atoms with E-state index in [-0.39, 0.29) is 30.1 Å². The van der Waals surface area contributed by atoms with Gasteiger partial charge in [0, 0.05) is 38.9 Å².